The number of rotatable bonds is 2. The third-order valence-corrected chi connectivity index (χ3v) is 4.86. The molecule has 1 aromatic carbocycles. The van der Waals surface area contributed by atoms with Gasteiger partial charge in [0.1, 0.15) is 5.75 Å². The summed E-state index contributed by atoms with van der Waals surface area (Å²) in [6, 6.07) is 6.26. The van der Waals surface area contributed by atoms with Crippen LogP contribution in [0.2, 0.25) is 0 Å². The number of hydrogen-bond donors (Lipinski definition) is 1. The highest BCUT2D eigenvalue weighted by Crippen LogP contribution is 2.46. The van der Waals surface area contributed by atoms with Crippen LogP contribution in [0.15, 0.2) is 18.2 Å². The lowest BCUT2D eigenvalue weighted by molar-refractivity contribution is -0.146. The fraction of sp³-hybridized carbons (Fsp3) is 0.562. The van der Waals surface area contributed by atoms with Crippen molar-refractivity contribution < 1.29 is 14.3 Å². The molecule has 3 rings (SSSR count). The van der Waals surface area contributed by atoms with Crippen LogP contribution in [-0.2, 0) is 21.4 Å². The number of nitrogens with one attached hydrogen (secondary N) is 1. The van der Waals surface area contributed by atoms with Gasteiger partial charge in [-0.3, -0.25) is 4.79 Å². The molecule has 2 atom stereocenters. The Morgan fingerprint density at radius 1 is 1.40 bits per heavy atom. The molecule has 2 unspecified atom stereocenters. The van der Waals surface area contributed by atoms with Crippen LogP contribution in [0.1, 0.15) is 24.0 Å². The monoisotopic (exact) mass is 275 g/mol. The van der Waals surface area contributed by atoms with Crippen molar-refractivity contribution in [3.8, 4) is 5.75 Å². The summed E-state index contributed by atoms with van der Waals surface area (Å²) < 4.78 is 10.4. The normalized spacial score (nSPS) is 28.2. The second-order valence-electron chi connectivity index (χ2n) is 5.74. The van der Waals surface area contributed by atoms with Crippen molar-refractivity contribution in [1.29, 1.82) is 0 Å². The molecule has 2 aliphatic rings. The molecule has 1 spiro atoms. The van der Waals surface area contributed by atoms with Gasteiger partial charge in [0.15, 0.2) is 0 Å². The second kappa shape index (κ2) is 5.09. The fourth-order valence-electron chi connectivity index (χ4n) is 3.85. The van der Waals surface area contributed by atoms with Crippen molar-refractivity contribution in [2.45, 2.75) is 24.7 Å². The minimum Gasteiger partial charge on any atom is -0.497 e. The van der Waals surface area contributed by atoms with E-state index in [-0.39, 0.29) is 17.3 Å². The Kier molecular flexibility index (Phi) is 3.42. The first-order valence-corrected chi connectivity index (χ1v) is 7.17. The van der Waals surface area contributed by atoms with Gasteiger partial charge in [-0.25, -0.2) is 0 Å². The van der Waals surface area contributed by atoms with E-state index in [0.717, 1.165) is 31.6 Å². The highest BCUT2D eigenvalue weighted by atomic mass is 16.5. The molecule has 1 fully saturated rings. The third kappa shape index (κ3) is 1.90. The zero-order chi connectivity index (χ0) is 14.2. The van der Waals surface area contributed by atoms with E-state index < -0.39 is 0 Å². The molecule has 4 nitrogen and oxygen atoms in total. The first-order chi connectivity index (χ1) is 9.71. The molecule has 1 aliphatic heterocycles. The van der Waals surface area contributed by atoms with Crippen LogP contribution >= 0.6 is 0 Å². The van der Waals surface area contributed by atoms with Gasteiger partial charge >= 0.3 is 5.97 Å². The van der Waals surface area contributed by atoms with E-state index in [1.807, 2.05) is 6.07 Å². The number of ether oxygens (including phenoxy) is 2. The summed E-state index contributed by atoms with van der Waals surface area (Å²) in [5.74, 6) is 0.657. The van der Waals surface area contributed by atoms with E-state index in [1.165, 1.54) is 18.2 Å². The highest BCUT2D eigenvalue weighted by Gasteiger charge is 2.50. The smallest absolute Gasteiger partial charge is 0.310 e. The van der Waals surface area contributed by atoms with Crippen molar-refractivity contribution >= 4 is 5.97 Å². The van der Waals surface area contributed by atoms with Gasteiger partial charge in [0.2, 0.25) is 0 Å². The van der Waals surface area contributed by atoms with Crippen LogP contribution < -0.4 is 10.1 Å². The topological polar surface area (TPSA) is 47.6 Å². The maximum absolute atomic E-state index is 12.2. The lowest BCUT2D eigenvalue weighted by Crippen LogP contribution is -2.42. The van der Waals surface area contributed by atoms with Crippen molar-refractivity contribution in [2.24, 2.45) is 5.92 Å². The Morgan fingerprint density at radius 2 is 2.25 bits per heavy atom. The number of hydrogen-bond acceptors (Lipinski definition) is 4. The molecule has 1 N–H and O–H groups in total. The van der Waals surface area contributed by atoms with Gasteiger partial charge in [0, 0.05) is 18.5 Å². The molecule has 0 bridgehead atoms. The van der Waals surface area contributed by atoms with Gasteiger partial charge in [-0.05, 0) is 42.5 Å². The predicted octanol–water partition coefficient (Wildman–Crippen LogP) is 1.66. The predicted molar refractivity (Wildman–Crippen MR) is 76.0 cm³/mol. The van der Waals surface area contributed by atoms with Gasteiger partial charge in [0.25, 0.3) is 0 Å². The minimum absolute atomic E-state index is 0.0985. The average molecular weight is 275 g/mol. The van der Waals surface area contributed by atoms with Crippen molar-refractivity contribution in [2.75, 3.05) is 27.3 Å². The Hall–Kier alpha value is -1.55. The van der Waals surface area contributed by atoms with E-state index in [1.54, 1.807) is 7.11 Å². The maximum atomic E-state index is 12.2. The molecule has 1 saturated heterocycles. The summed E-state index contributed by atoms with van der Waals surface area (Å²) in [5, 5.41) is 3.38. The maximum Gasteiger partial charge on any atom is 0.310 e. The summed E-state index contributed by atoms with van der Waals surface area (Å²) in [4.78, 5) is 12.2. The number of aryl methyl sites for hydroxylation is 1. The Labute approximate surface area is 119 Å². The van der Waals surface area contributed by atoms with Gasteiger partial charge in [0.05, 0.1) is 20.1 Å². The number of esters is 1. The summed E-state index contributed by atoms with van der Waals surface area (Å²) >= 11 is 0. The first kappa shape index (κ1) is 13.4. The number of methoxy groups -OCH3 is 2. The van der Waals surface area contributed by atoms with Crippen molar-refractivity contribution in [3.63, 3.8) is 0 Å². The van der Waals surface area contributed by atoms with E-state index in [4.69, 9.17) is 9.47 Å². The summed E-state index contributed by atoms with van der Waals surface area (Å²) in [6.45, 7) is 1.54. The molecular formula is C16H21NO3. The summed E-state index contributed by atoms with van der Waals surface area (Å²) in [5.41, 5.74) is 2.48. The molecule has 4 heteroatoms. The number of carbonyl (C=O) groups is 1. The number of carbonyl (C=O) groups excluding carboxylic acids is 1. The molecule has 108 valence electrons. The van der Waals surface area contributed by atoms with E-state index in [9.17, 15) is 4.79 Å². The molecule has 0 amide bonds. The highest BCUT2D eigenvalue weighted by molar-refractivity contribution is 5.76. The van der Waals surface area contributed by atoms with Crippen LogP contribution in [0, 0.1) is 5.92 Å². The minimum atomic E-state index is -0.130. The quantitative estimate of drug-likeness (QED) is 0.834. The summed E-state index contributed by atoms with van der Waals surface area (Å²) in [7, 11) is 3.16. The van der Waals surface area contributed by atoms with Gasteiger partial charge in [-0.2, -0.15) is 0 Å². The molecule has 1 aromatic rings. The van der Waals surface area contributed by atoms with Crippen LogP contribution in [0.3, 0.4) is 0 Å². The van der Waals surface area contributed by atoms with Crippen LogP contribution in [0.25, 0.3) is 0 Å². The van der Waals surface area contributed by atoms with Crippen molar-refractivity contribution in [3.05, 3.63) is 29.3 Å². The molecule has 1 heterocycles. The standard InChI is InChI=1S/C16H21NO3/c1-19-12-6-5-11-4-3-7-16(13(11)8-12)10-17-9-14(16)15(18)20-2/h5-6,8,14,17H,3-4,7,9-10H2,1-2H3. The largest absolute Gasteiger partial charge is 0.497 e. The SMILES string of the molecule is COC(=O)C1CNCC12CCCc1ccc(OC)cc12. The molecule has 0 saturated carbocycles. The average Bonchev–Trinajstić information content (AvgIpc) is 2.91. The lowest BCUT2D eigenvalue weighted by atomic mass is 9.64. The first-order valence-electron chi connectivity index (χ1n) is 7.17. The van der Waals surface area contributed by atoms with Gasteiger partial charge in [-0.15, -0.1) is 0 Å². The zero-order valence-corrected chi connectivity index (χ0v) is 12.1. The number of fused-ring (bicyclic) bond motifs is 2. The molecule has 20 heavy (non-hydrogen) atoms. The summed E-state index contributed by atoms with van der Waals surface area (Å²) in [6.07, 6.45) is 3.23. The van der Waals surface area contributed by atoms with Crippen molar-refractivity contribution in [1.82, 2.24) is 5.32 Å². The van der Waals surface area contributed by atoms with Gasteiger partial charge in [-0.1, -0.05) is 6.07 Å². The Morgan fingerprint density at radius 3 is 3.00 bits per heavy atom. The second-order valence-corrected chi connectivity index (χ2v) is 5.74. The molecular weight excluding hydrogens is 254 g/mol. The van der Waals surface area contributed by atoms with E-state index in [0.29, 0.717) is 6.54 Å². The molecule has 0 aromatic heterocycles. The van der Waals surface area contributed by atoms with Crippen LogP contribution in [0.5, 0.6) is 5.75 Å². The Balaban J connectivity index is 2.09. The number of benzene rings is 1. The van der Waals surface area contributed by atoms with Crippen LogP contribution in [-0.4, -0.2) is 33.3 Å². The van der Waals surface area contributed by atoms with Crippen LogP contribution in [0.4, 0.5) is 0 Å². The lowest BCUT2D eigenvalue weighted by Gasteiger charge is -2.39. The van der Waals surface area contributed by atoms with E-state index >= 15 is 0 Å². The zero-order valence-electron chi connectivity index (χ0n) is 12.1. The fourth-order valence-corrected chi connectivity index (χ4v) is 3.85. The molecule has 1 aliphatic carbocycles. The third-order valence-electron chi connectivity index (χ3n) is 4.86. The van der Waals surface area contributed by atoms with Gasteiger partial charge < -0.3 is 14.8 Å². The molecule has 0 radical (unpaired) electrons. The van der Waals surface area contributed by atoms with E-state index in [2.05, 4.69) is 17.4 Å². The Bertz CT molecular complexity index is 528.